The Morgan fingerprint density at radius 3 is 2.41 bits per heavy atom. The van der Waals surface area contributed by atoms with Crippen LogP contribution >= 0.6 is 11.3 Å². The third-order valence-corrected chi connectivity index (χ3v) is 6.92. The fraction of sp³-hybridized carbons (Fsp3) is 0.296. The molecule has 2 aromatic heterocycles. The number of benzene rings is 2. The number of Topliss-reactive ketones (excluding diaryl/α,β-unsaturated/α-hetero) is 1. The summed E-state index contributed by atoms with van der Waals surface area (Å²) in [5.41, 5.74) is 5.81. The van der Waals surface area contributed by atoms with Crippen molar-refractivity contribution in [1.29, 1.82) is 0 Å². The summed E-state index contributed by atoms with van der Waals surface area (Å²) in [6.45, 7) is 10.1. The summed E-state index contributed by atoms with van der Waals surface area (Å²) in [4.78, 5) is 32.4. The van der Waals surface area contributed by atoms with Gasteiger partial charge in [-0.1, -0.05) is 57.2 Å². The SMILES string of the molecule is CCc1ccc(-c2csc3nc(C(C)C)n(CC(=O)c4ccc(C)c(C)c4)c(=O)c23)cc1. The van der Waals surface area contributed by atoms with Gasteiger partial charge in [0.25, 0.3) is 5.56 Å². The van der Waals surface area contributed by atoms with Gasteiger partial charge < -0.3 is 0 Å². The summed E-state index contributed by atoms with van der Waals surface area (Å²) >= 11 is 1.48. The third-order valence-electron chi connectivity index (χ3n) is 6.04. The van der Waals surface area contributed by atoms with Crippen molar-refractivity contribution in [3.05, 3.63) is 86.3 Å². The fourth-order valence-electron chi connectivity index (χ4n) is 3.92. The lowest BCUT2D eigenvalue weighted by Crippen LogP contribution is -2.29. The van der Waals surface area contributed by atoms with Crippen molar-refractivity contribution in [1.82, 2.24) is 9.55 Å². The number of nitrogens with zero attached hydrogens (tertiary/aromatic N) is 2. The molecule has 0 spiro atoms. The number of thiophene rings is 1. The van der Waals surface area contributed by atoms with E-state index in [1.54, 1.807) is 4.57 Å². The second-order valence-corrected chi connectivity index (χ2v) is 9.48. The molecule has 32 heavy (non-hydrogen) atoms. The third kappa shape index (κ3) is 4.05. The number of hydrogen-bond donors (Lipinski definition) is 0. The maximum atomic E-state index is 13.7. The number of aromatic nitrogens is 2. The molecule has 5 heteroatoms. The van der Waals surface area contributed by atoms with Gasteiger partial charge >= 0.3 is 0 Å². The second-order valence-electron chi connectivity index (χ2n) is 8.62. The van der Waals surface area contributed by atoms with E-state index in [9.17, 15) is 9.59 Å². The zero-order valence-corrected chi connectivity index (χ0v) is 20.0. The molecule has 0 aliphatic heterocycles. The van der Waals surface area contributed by atoms with E-state index in [0.717, 1.165) is 33.5 Å². The first-order valence-electron chi connectivity index (χ1n) is 11.0. The van der Waals surface area contributed by atoms with Gasteiger partial charge in [0, 0.05) is 22.4 Å². The minimum atomic E-state index is -0.147. The Bertz CT molecular complexity index is 1360. The smallest absolute Gasteiger partial charge is 0.263 e. The molecule has 4 aromatic rings. The summed E-state index contributed by atoms with van der Waals surface area (Å²) < 4.78 is 1.57. The van der Waals surface area contributed by atoms with E-state index in [-0.39, 0.29) is 23.8 Å². The van der Waals surface area contributed by atoms with Crippen molar-refractivity contribution < 1.29 is 4.79 Å². The van der Waals surface area contributed by atoms with Crippen molar-refractivity contribution in [2.24, 2.45) is 0 Å². The molecule has 164 valence electrons. The van der Waals surface area contributed by atoms with Gasteiger partial charge in [0.15, 0.2) is 5.78 Å². The van der Waals surface area contributed by atoms with E-state index in [0.29, 0.717) is 16.8 Å². The first-order valence-corrected chi connectivity index (χ1v) is 11.9. The Morgan fingerprint density at radius 1 is 1.06 bits per heavy atom. The molecule has 0 saturated carbocycles. The highest BCUT2D eigenvalue weighted by Gasteiger charge is 2.21. The van der Waals surface area contributed by atoms with Crippen LogP contribution in [0.4, 0.5) is 0 Å². The summed E-state index contributed by atoms with van der Waals surface area (Å²) in [5.74, 6) is 0.589. The van der Waals surface area contributed by atoms with Crippen LogP contribution in [-0.2, 0) is 13.0 Å². The Kier molecular flexibility index (Phi) is 6.11. The number of ketones is 1. The van der Waals surface area contributed by atoms with Crippen molar-refractivity contribution >= 4 is 27.3 Å². The van der Waals surface area contributed by atoms with E-state index >= 15 is 0 Å². The lowest BCUT2D eigenvalue weighted by Gasteiger charge is -2.15. The summed E-state index contributed by atoms with van der Waals surface area (Å²) in [5, 5.41) is 2.59. The highest BCUT2D eigenvalue weighted by molar-refractivity contribution is 7.17. The highest BCUT2D eigenvalue weighted by atomic mass is 32.1. The topological polar surface area (TPSA) is 52.0 Å². The molecular formula is C27H28N2O2S. The average molecular weight is 445 g/mol. The van der Waals surface area contributed by atoms with Crippen LogP contribution in [0.2, 0.25) is 0 Å². The molecule has 0 unspecified atom stereocenters. The van der Waals surface area contributed by atoms with Crippen molar-refractivity contribution in [3.63, 3.8) is 0 Å². The number of rotatable bonds is 6. The minimum Gasteiger partial charge on any atom is -0.292 e. The predicted molar refractivity (Wildman–Crippen MR) is 133 cm³/mol. The van der Waals surface area contributed by atoms with Gasteiger partial charge in [-0.2, -0.15) is 0 Å². The van der Waals surface area contributed by atoms with Crippen LogP contribution in [0.3, 0.4) is 0 Å². The van der Waals surface area contributed by atoms with Crippen LogP contribution in [0.1, 0.15) is 59.6 Å². The largest absolute Gasteiger partial charge is 0.292 e. The van der Waals surface area contributed by atoms with Gasteiger partial charge in [-0.15, -0.1) is 11.3 Å². The number of fused-ring (bicyclic) bond motifs is 1. The van der Waals surface area contributed by atoms with Crippen molar-refractivity contribution in [3.8, 4) is 11.1 Å². The Labute approximate surface area is 192 Å². The zero-order valence-electron chi connectivity index (χ0n) is 19.2. The normalized spacial score (nSPS) is 11.4. The second kappa shape index (κ2) is 8.83. The molecular weight excluding hydrogens is 416 g/mol. The highest BCUT2D eigenvalue weighted by Crippen LogP contribution is 2.32. The van der Waals surface area contributed by atoms with Crippen LogP contribution < -0.4 is 5.56 Å². The Balaban J connectivity index is 1.84. The molecule has 0 radical (unpaired) electrons. The quantitative estimate of drug-likeness (QED) is 0.327. The van der Waals surface area contributed by atoms with Crippen LogP contribution in [0.25, 0.3) is 21.3 Å². The monoisotopic (exact) mass is 444 g/mol. The van der Waals surface area contributed by atoms with Crippen LogP contribution in [-0.4, -0.2) is 15.3 Å². The van der Waals surface area contributed by atoms with E-state index in [1.165, 1.54) is 16.9 Å². The molecule has 0 aliphatic rings. The first kappa shape index (κ1) is 22.2. The Morgan fingerprint density at radius 2 is 1.78 bits per heavy atom. The number of hydrogen-bond acceptors (Lipinski definition) is 4. The molecule has 0 fully saturated rings. The zero-order chi connectivity index (χ0) is 23.0. The van der Waals surface area contributed by atoms with Gasteiger partial charge in [-0.25, -0.2) is 4.98 Å². The van der Waals surface area contributed by atoms with Crippen LogP contribution in [0.15, 0.2) is 52.6 Å². The molecule has 0 N–H and O–H groups in total. The molecule has 0 atom stereocenters. The predicted octanol–water partition coefficient (Wildman–Crippen LogP) is 6.31. The number of aryl methyl sites for hydroxylation is 3. The molecule has 0 saturated heterocycles. The maximum Gasteiger partial charge on any atom is 0.263 e. The standard InChI is InChI=1S/C27H28N2O2S/c1-6-19-8-11-20(12-9-19)22-15-32-26-24(22)27(31)29(25(28-26)16(2)3)14-23(30)21-10-7-17(4)18(5)13-21/h7-13,15-16H,6,14H2,1-5H3. The molecule has 0 bridgehead atoms. The van der Waals surface area contributed by atoms with E-state index < -0.39 is 0 Å². The summed E-state index contributed by atoms with van der Waals surface area (Å²) in [6.07, 6.45) is 0.970. The van der Waals surface area contributed by atoms with Crippen LogP contribution in [0, 0.1) is 13.8 Å². The molecule has 0 amide bonds. The summed E-state index contributed by atoms with van der Waals surface area (Å²) in [6, 6.07) is 14.0. The van der Waals surface area contributed by atoms with Gasteiger partial charge in [-0.3, -0.25) is 14.2 Å². The lowest BCUT2D eigenvalue weighted by molar-refractivity contribution is 0.0969. The maximum absolute atomic E-state index is 13.7. The summed E-state index contributed by atoms with van der Waals surface area (Å²) in [7, 11) is 0. The molecule has 4 nitrogen and oxygen atoms in total. The lowest BCUT2D eigenvalue weighted by atomic mass is 10.0. The van der Waals surface area contributed by atoms with Gasteiger partial charge in [-0.05, 0) is 48.6 Å². The number of carbonyl (C=O) groups is 1. The molecule has 0 aliphatic carbocycles. The van der Waals surface area contributed by atoms with Crippen molar-refractivity contribution in [2.45, 2.75) is 53.5 Å². The average Bonchev–Trinajstić information content (AvgIpc) is 3.21. The van der Waals surface area contributed by atoms with Gasteiger partial charge in [0.1, 0.15) is 10.7 Å². The fourth-order valence-corrected chi connectivity index (χ4v) is 4.86. The van der Waals surface area contributed by atoms with E-state index in [2.05, 4.69) is 31.2 Å². The van der Waals surface area contributed by atoms with Crippen molar-refractivity contribution in [2.75, 3.05) is 0 Å². The Hall–Kier alpha value is -3.05. The molecule has 2 aromatic carbocycles. The van der Waals surface area contributed by atoms with E-state index in [1.807, 2.05) is 51.3 Å². The molecule has 2 heterocycles. The number of carbonyl (C=O) groups excluding carboxylic acids is 1. The van der Waals surface area contributed by atoms with Gasteiger partial charge in [0.2, 0.25) is 0 Å². The first-order chi connectivity index (χ1) is 15.3. The van der Waals surface area contributed by atoms with E-state index in [4.69, 9.17) is 4.98 Å². The van der Waals surface area contributed by atoms with Crippen LogP contribution in [0.5, 0.6) is 0 Å². The van der Waals surface area contributed by atoms with Gasteiger partial charge in [0.05, 0.1) is 11.9 Å². The minimum absolute atomic E-state index is 0.0121. The molecule has 4 rings (SSSR count).